The zero-order valence-corrected chi connectivity index (χ0v) is 12.8. The maximum Gasteiger partial charge on any atom is 0.308 e. The van der Waals surface area contributed by atoms with E-state index in [1.165, 1.54) is 12.8 Å². The standard InChI is InChI=1S/C16H25N3O2/c1-2-8-19-9-5-13(17-19)10-18-11-14(15(20)21)16(12-18)6-3-4-7-16/h5,9,14H,2-4,6-8,10-12H2,1H3,(H,20,21). The Balaban J connectivity index is 1.68. The van der Waals surface area contributed by atoms with Crippen molar-refractivity contribution in [2.24, 2.45) is 11.3 Å². The molecule has 21 heavy (non-hydrogen) atoms. The molecule has 116 valence electrons. The highest BCUT2D eigenvalue weighted by Crippen LogP contribution is 2.49. The average Bonchev–Trinajstić information content (AvgIpc) is 3.14. The molecule has 3 rings (SSSR count). The van der Waals surface area contributed by atoms with Gasteiger partial charge in [-0.25, -0.2) is 0 Å². The second kappa shape index (κ2) is 5.79. The molecule has 1 N–H and O–H groups in total. The number of aryl methyl sites for hydroxylation is 1. The fraction of sp³-hybridized carbons (Fsp3) is 0.750. The minimum atomic E-state index is -0.615. The van der Waals surface area contributed by atoms with Gasteiger partial charge in [0.25, 0.3) is 0 Å². The number of aliphatic carboxylic acids is 1. The molecule has 5 nitrogen and oxygen atoms in total. The van der Waals surface area contributed by atoms with Gasteiger partial charge < -0.3 is 5.11 Å². The smallest absolute Gasteiger partial charge is 0.308 e. The van der Waals surface area contributed by atoms with Crippen LogP contribution >= 0.6 is 0 Å². The fourth-order valence-corrected chi connectivity index (χ4v) is 4.19. The lowest BCUT2D eigenvalue weighted by Gasteiger charge is -2.27. The zero-order valence-electron chi connectivity index (χ0n) is 12.8. The monoisotopic (exact) mass is 291 g/mol. The van der Waals surface area contributed by atoms with Gasteiger partial charge in [-0.1, -0.05) is 19.8 Å². The number of carboxylic acid groups (broad SMARTS) is 1. The van der Waals surface area contributed by atoms with Crippen molar-refractivity contribution in [3.63, 3.8) is 0 Å². The zero-order chi connectivity index (χ0) is 14.9. The van der Waals surface area contributed by atoms with Gasteiger partial charge in [0.1, 0.15) is 0 Å². The van der Waals surface area contributed by atoms with Crippen molar-refractivity contribution in [1.82, 2.24) is 14.7 Å². The van der Waals surface area contributed by atoms with Gasteiger partial charge in [0.2, 0.25) is 0 Å². The van der Waals surface area contributed by atoms with E-state index in [-0.39, 0.29) is 11.3 Å². The number of hydrogen-bond acceptors (Lipinski definition) is 3. The van der Waals surface area contributed by atoms with Crippen molar-refractivity contribution in [3.8, 4) is 0 Å². The molecule has 5 heteroatoms. The summed E-state index contributed by atoms with van der Waals surface area (Å²) in [5, 5.41) is 14.1. The Morgan fingerprint density at radius 2 is 2.24 bits per heavy atom. The van der Waals surface area contributed by atoms with Crippen LogP contribution in [0, 0.1) is 11.3 Å². The van der Waals surface area contributed by atoms with Gasteiger partial charge in [0, 0.05) is 32.4 Å². The van der Waals surface area contributed by atoms with Crippen LogP contribution in [0.2, 0.25) is 0 Å². The minimum absolute atomic E-state index is 0.0256. The molecule has 2 aliphatic rings. The van der Waals surface area contributed by atoms with Gasteiger partial charge in [0.05, 0.1) is 11.6 Å². The lowest BCUT2D eigenvalue weighted by atomic mass is 9.77. The number of aromatic nitrogens is 2. The molecule has 1 unspecified atom stereocenters. The summed E-state index contributed by atoms with van der Waals surface area (Å²) in [6, 6.07) is 2.06. The number of carbonyl (C=O) groups is 1. The van der Waals surface area contributed by atoms with E-state index in [9.17, 15) is 9.90 Å². The van der Waals surface area contributed by atoms with Crippen LogP contribution in [0.15, 0.2) is 12.3 Å². The number of nitrogens with zero attached hydrogens (tertiary/aromatic N) is 3. The van der Waals surface area contributed by atoms with Crippen molar-refractivity contribution in [3.05, 3.63) is 18.0 Å². The van der Waals surface area contributed by atoms with Crippen molar-refractivity contribution in [2.45, 2.75) is 52.1 Å². The highest BCUT2D eigenvalue weighted by atomic mass is 16.4. The van der Waals surface area contributed by atoms with Crippen LogP contribution in [0.1, 0.15) is 44.7 Å². The summed E-state index contributed by atoms with van der Waals surface area (Å²) in [6.07, 6.45) is 7.62. The van der Waals surface area contributed by atoms with Gasteiger partial charge in [-0.15, -0.1) is 0 Å². The van der Waals surface area contributed by atoms with E-state index in [2.05, 4.69) is 23.0 Å². The summed E-state index contributed by atoms with van der Waals surface area (Å²) >= 11 is 0. The Bertz CT molecular complexity index is 505. The Morgan fingerprint density at radius 1 is 1.48 bits per heavy atom. The molecule has 0 radical (unpaired) electrons. The lowest BCUT2D eigenvalue weighted by Crippen LogP contribution is -2.32. The van der Waals surface area contributed by atoms with Gasteiger partial charge in [-0.2, -0.15) is 5.10 Å². The van der Waals surface area contributed by atoms with Gasteiger partial charge in [-0.05, 0) is 30.7 Å². The Hall–Kier alpha value is -1.36. The minimum Gasteiger partial charge on any atom is -0.481 e. The first kappa shape index (κ1) is 14.6. The first-order chi connectivity index (χ1) is 10.1. The molecule has 2 fully saturated rings. The van der Waals surface area contributed by atoms with Crippen LogP contribution in [0.5, 0.6) is 0 Å². The van der Waals surface area contributed by atoms with E-state index >= 15 is 0 Å². The molecule has 1 saturated carbocycles. The van der Waals surface area contributed by atoms with Gasteiger partial charge in [0.15, 0.2) is 0 Å². The Kier molecular flexibility index (Phi) is 4.02. The summed E-state index contributed by atoms with van der Waals surface area (Å²) in [4.78, 5) is 13.9. The third kappa shape index (κ3) is 2.84. The molecule has 2 heterocycles. The van der Waals surface area contributed by atoms with E-state index in [4.69, 9.17) is 0 Å². The van der Waals surface area contributed by atoms with Crippen LogP contribution in [0.25, 0.3) is 0 Å². The SMILES string of the molecule is CCCn1ccc(CN2CC(C(=O)O)C3(CCCC3)C2)n1. The summed E-state index contributed by atoms with van der Waals surface area (Å²) < 4.78 is 1.98. The molecule has 0 aromatic carbocycles. The summed E-state index contributed by atoms with van der Waals surface area (Å²) in [7, 11) is 0. The topological polar surface area (TPSA) is 58.4 Å². The molecule has 1 spiro atoms. The second-order valence-electron chi connectivity index (χ2n) is 6.70. The van der Waals surface area contributed by atoms with Crippen LogP contribution < -0.4 is 0 Å². The number of rotatable bonds is 5. The Morgan fingerprint density at radius 3 is 2.90 bits per heavy atom. The first-order valence-corrected chi connectivity index (χ1v) is 8.10. The number of carboxylic acids is 1. The predicted molar refractivity (Wildman–Crippen MR) is 79.8 cm³/mol. The second-order valence-corrected chi connectivity index (χ2v) is 6.70. The van der Waals surface area contributed by atoms with E-state index in [1.54, 1.807) is 0 Å². The molecule has 1 aliphatic heterocycles. The van der Waals surface area contributed by atoms with Crippen LogP contribution in [0.3, 0.4) is 0 Å². The predicted octanol–water partition coefficient (Wildman–Crippen LogP) is 2.37. The normalized spacial score (nSPS) is 24.9. The van der Waals surface area contributed by atoms with E-state index in [0.29, 0.717) is 6.54 Å². The highest BCUT2D eigenvalue weighted by Gasteiger charge is 2.51. The number of hydrogen-bond donors (Lipinski definition) is 1. The Labute approximate surface area is 125 Å². The van der Waals surface area contributed by atoms with Crippen molar-refractivity contribution >= 4 is 5.97 Å². The molecular weight excluding hydrogens is 266 g/mol. The third-order valence-electron chi connectivity index (χ3n) is 5.15. The summed E-state index contributed by atoms with van der Waals surface area (Å²) in [5.41, 5.74) is 1.08. The van der Waals surface area contributed by atoms with Crippen LogP contribution in [0.4, 0.5) is 0 Å². The molecule has 1 saturated heterocycles. The van der Waals surface area contributed by atoms with E-state index < -0.39 is 5.97 Å². The summed E-state index contributed by atoms with van der Waals surface area (Å²) in [6.45, 7) is 5.47. The van der Waals surface area contributed by atoms with Crippen molar-refractivity contribution in [2.75, 3.05) is 13.1 Å². The molecule has 1 aromatic rings. The first-order valence-electron chi connectivity index (χ1n) is 8.10. The molecular formula is C16H25N3O2. The van der Waals surface area contributed by atoms with Gasteiger partial charge in [-0.3, -0.25) is 14.4 Å². The third-order valence-corrected chi connectivity index (χ3v) is 5.15. The molecule has 0 amide bonds. The fourth-order valence-electron chi connectivity index (χ4n) is 4.19. The quantitative estimate of drug-likeness (QED) is 0.905. The average molecular weight is 291 g/mol. The molecule has 1 aromatic heterocycles. The molecule has 1 aliphatic carbocycles. The van der Waals surface area contributed by atoms with E-state index in [1.807, 2.05) is 10.9 Å². The largest absolute Gasteiger partial charge is 0.481 e. The lowest BCUT2D eigenvalue weighted by molar-refractivity contribution is -0.144. The van der Waals surface area contributed by atoms with Gasteiger partial charge >= 0.3 is 5.97 Å². The summed E-state index contributed by atoms with van der Waals surface area (Å²) in [5.74, 6) is -0.811. The van der Waals surface area contributed by atoms with E-state index in [0.717, 1.165) is 44.6 Å². The molecule has 1 atom stereocenters. The maximum atomic E-state index is 11.6. The maximum absolute atomic E-state index is 11.6. The van der Waals surface area contributed by atoms with Crippen LogP contribution in [-0.2, 0) is 17.9 Å². The van der Waals surface area contributed by atoms with Crippen LogP contribution in [-0.4, -0.2) is 38.8 Å². The molecule has 0 bridgehead atoms. The highest BCUT2D eigenvalue weighted by molar-refractivity contribution is 5.72. The number of likely N-dealkylation sites (tertiary alicyclic amines) is 1. The van der Waals surface area contributed by atoms with Crippen molar-refractivity contribution in [1.29, 1.82) is 0 Å². The van der Waals surface area contributed by atoms with Crippen molar-refractivity contribution < 1.29 is 9.90 Å².